The van der Waals surface area contributed by atoms with Crippen molar-refractivity contribution in [1.29, 1.82) is 0 Å². The Morgan fingerprint density at radius 2 is 1.88 bits per heavy atom. The van der Waals surface area contributed by atoms with Crippen molar-refractivity contribution in [2.24, 2.45) is 0 Å². The van der Waals surface area contributed by atoms with Gasteiger partial charge in [-0.3, -0.25) is 0 Å². The summed E-state index contributed by atoms with van der Waals surface area (Å²) in [6, 6.07) is 16.9. The van der Waals surface area contributed by atoms with Gasteiger partial charge in [-0.15, -0.1) is 0 Å². The van der Waals surface area contributed by atoms with Crippen molar-refractivity contribution in [3.63, 3.8) is 0 Å². The van der Waals surface area contributed by atoms with Gasteiger partial charge in [0.05, 0.1) is 18.8 Å². The van der Waals surface area contributed by atoms with Crippen molar-refractivity contribution in [3.8, 4) is 5.75 Å². The van der Waals surface area contributed by atoms with E-state index < -0.39 is 12.2 Å². The molecule has 0 saturated heterocycles. The summed E-state index contributed by atoms with van der Waals surface area (Å²) in [4.78, 5) is 11.8. The summed E-state index contributed by atoms with van der Waals surface area (Å²) in [5.41, 5.74) is 1.63. The van der Waals surface area contributed by atoms with Crippen LogP contribution in [0.3, 0.4) is 0 Å². The first-order chi connectivity index (χ1) is 12.7. The lowest BCUT2D eigenvalue weighted by Gasteiger charge is -2.16. The van der Waals surface area contributed by atoms with Crippen LogP contribution < -0.4 is 10.1 Å². The molecule has 0 heterocycles. The van der Waals surface area contributed by atoms with Crippen molar-refractivity contribution in [3.05, 3.63) is 65.7 Å². The average Bonchev–Trinajstić information content (AvgIpc) is 3.18. The monoisotopic (exact) mass is 355 g/mol. The molecule has 0 bridgehead atoms. The zero-order valence-corrected chi connectivity index (χ0v) is 14.8. The van der Waals surface area contributed by atoms with Crippen LogP contribution in [0.4, 0.5) is 4.79 Å². The Morgan fingerprint density at radius 1 is 1.12 bits per heavy atom. The van der Waals surface area contributed by atoms with Crippen molar-refractivity contribution < 1.29 is 19.4 Å². The minimum absolute atomic E-state index is 0.0838. The van der Waals surface area contributed by atoms with Gasteiger partial charge in [-0.1, -0.05) is 42.5 Å². The van der Waals surface area contributed by atoms with E-state index >= 15 is 0 Å². The number of hydrogen-bond donors (Lipinski definition) is 2. The van der Waals surface area contributed by atoms with Crippen LogP contribution >= 0.6 is 0 Å². The Kier molecular flexibility index (Phi) is 6.50. The van der Waals surface area contributed by atoms with Crippen molar-refractivity contribution >= 4 is 6.09 Å². The molecule has 1 unspecified atom stereocenters. The quantitative estimate of drug-likeness (QED) is 0.789. The molecule has 138 valence electrons. The Labute approximate surface area is 153 Å². The highest BCUT2D eigenvalue weighted by atomic mass is 16.5. The summed E-state index contributed by atoms with van der Waals surface area (Å²) in [5, 5.41) is 12.9. The number of aliphatic hydroxyl groups is 1. The van der Waals surface area contributed by atoms with Gasteiger partial charge in [-0.2, -0.15) is 0 Å². The summed E-state index contributed by atoms with van der Waals surface area (Å²) >= 11 is 0. The molecule has 5 heteroatoms. The van der Waals surface area contributed by atoms with Gasteiger partial charge in [0.2, 0.25) is 0 Å². The number of carbonyl (C=O) groups excluding carboxylic acids is 1. The highest BCUT2D eigenvalue weighted by molar-refractivity contribution is 5.67. The fourth-order valence-corrected chi connectivity index (χ4v) is 3.07. The van der Waals surface area contributed by atoms with Crippen LogP contribution in [0.1, 0.15) is 42.9 Å². The van der Waals surface area contributed by atoms with Gasteiger partial charge in [0.25, 0.3) is 0 Å². The molecule has 0 spiro atoms. The van der Waals surface area contributed by atoms with E-state index in [1.165, 1.54) is 12.8 Å². The zero-order valence-electron chi connectivity index (χ0n) is 14.8. The normalized spacial score (nSPS) is 15.4. The molecule has 1 aliphatic carbocycles. The smallest absolute Gasteiger partial charge is 0.407 e. The number of alkyl carbamates (subject to hydrolysis) is 1. The SMILES string of the molecule is O=C(NCC(O)c1cccc(OC2CCCC2)c1)OCc1ccccc1. The van der Waals surface area contributed by atoms with E-state index in [0.717, 1.165) is 24.2 Å². The first-order valence-corrected chi connectivity index (χ1v) is 9.10. The predicted molar refractivity (Wildman–Crippen MR) is 98.9 cm³/mol. The third-order valence-corrected chi connectivity index (χ3v) is 4.50. The van der Waals surface area contributed by atoms with E-state index in [4.69, 9.17) is 9.47 Å². The van der Waals surface area contributed by atoms with Gasteiger partial charge < -0.3 is 19.9 Å². The van der Waals surface area contributed by atoms with E-state index in [2.05, 4.69) is 5.32 Å². The lowest BCUT2D eigenvalue weighted by atomic mass is 10.1. The summed E-state index contributed by atoms with van der Waals surface area (Å²) in [6.07, 6.45) is 3.50. The second kappa shape index (κ2) is 9.25. The van der Waals surface area contributed by atoms with Crippen molar-refractivity contribution in [2.75, 3.05) is 6.54 Å². The third kappa shape index (κ3) is 5.49. The number of benzene rings is 2. The summed E-state index contributed by atoms with van der Waals surface area (Å²) in [6.45, 7) is 0.286. The van der Waals surface area contributed by atoms with E-state index in [-0.39, 0.29) is 19.3 Å². The second-order valence-electron chi connectivity index (χ2n) is 6.56. The molecule has 2 aromatic carbocycles. The van der Waals surface area contributed by atoms with Crippen LogP contribution in [-0.2, 0) is 11.3 Å². The van der Waals surface area contributed by atoms with Crippen LogP contribution in [0.2, 0.25) is 0 Å². The molecule has 0 aliphatic heterocycles. The molecule has 0 aromatic heterocycles. The third-order valence-electron chi connectivity index (χ3n) is 4.50. The number of carbonyl (C=O) groups is 1. The fourth-order valence-electron chi connectivity index (χ4n) is 3.07. The van der Waals surface area contributed by atoms with Crippen LogP contribution in [0, 0.1) is 0 Å². The van der Waals surface area contributed by atoms with Gasteiger partial charge >= 0.3 is 6.09 Å². The maximum Gasteiger partial charge on any atom is 0.407 e. The standard InChI is InChI=1S/C21H25NO4/c23-20(14-22-21(24)25-15-16-7-2-1-3-8-16)17-9-6-12-19(13-17)26-18-10-4-5-11-18/h1-3,6-9,12-13,18,20,23H,4-5,10-11,14-15H2,(H,22,24). The Hall–Kier alpha value is -2.53. The molecule has 3 rings (SSSR count). The van der Waals surface area contributed by atoms with E-state index in [1.54, 1.807) is 0 Å². The molecule has 2 N–H and O–H groups in total. The lowest BCUT2D eigenvalue weighted by molar-refractivity contribution is 0.125. The van der Waals surface area contributed by atoms with Gasteiger partial charge in [0.15, 0.2) is 0 Å². The van der Waals surface area contributed by atoms with Crippen molar-refractivity contribution in [2.45, 2.75) is 44.5 Å². The minimum atomic E-state index is -0.814. The Bertz CT molecular complexity index is 698. The summed E-state index contributed by atoms with van der Waals surface area (Å²) in [7, 11) is 0. The maximum atomic E-state index is 11.8. The molecule has 0 radical (unpaired) electrons. The number of ether oxygens (including phenoxy) is 2. The van der Waals surface area contributed by atoms with Crippen molar-refractivity contribution in [1.82, 2.24) is 5.32 Å². The van der Waals surface area contributed by atoms with Gasteiger partial charge in [0, 0.05) is 0 Å². The van der Waals surface area contributed by atoms with Gasteiger partial charge in [-0.05, 0) is 48.9 Å². The van der Waals surface area contributed by atoms with Gasteiger partial charge in [-0.25, -0.2) is 4.79 Å². The predicted octanol–water partition coefficient (Wildman–Crippen LogP) is 3.97. The molecule has 1 atom stereocenters. The molecule has 1 saturated carbocycles. The molecular weight excluding hydrogens is 330 g/mol. The van der Waals surface area contributed by atoms with Gasteiger partial charge in [0.1, 0.15) is 12.4 Å². The first-order valence-electron chi connectivity index (χ1n) is 9.10. The zero-order chi connectivity index (χ0) is 18.2. The Morgan fingerprint density at radius 3 is 2.65 bits per heavy atom. The summed E-state index contributed by atoms with van der Waals surface area (Å²) in [5.74, 6) is 0.764. The number of nitrogens with one attached hydrogen (secondary N) is 1. The molecule has 26 heavy (non-hydrogen) atoms. The molecule has 2 aromatic rings. The van der Waals surface area contributed by atoms with Crippen LogP contribution in [0.25, 0.3) is 0 Å². The highest BCUT2D eigenvalue weighted by Gasteiger charge is 2.17. The van der Waals surface area contributed by atoms with E-state index in [1.807, 2.05) is 54.6 Å². The fraction of sp³-hybridized carbons (Fsp3) is 0.381. The van der Waals surface area contributed by atoms with E-state index in [0.29, 0.717) is 5.56 Å². The van der Waals surface area contributed by atoms with Crippen LogP contribution in [-0.4, -0.2) is 23.8 Å². The number of hydrogen-bond acceptors (Lipinski definition) is 4. The molecule has 1 fully saturated rings. The maximum absolute atomic E-state index is 11.8. The topological polar surface area (TPSA) is 67.8 Å². The summed E-state index contributed by atoms with van der Waals surface area (Å²) < 4.78 is 11.1. The van der Waals surface area contributed by atoms with Crippen LogP contribution in [0.5, 0.6) is 5.75 Å². The van der Waals surface area contributed by atoms with Crippen LogP contribution in [0.15, 0.2) is 54.6 Å². The number of aliphatic hydroxyl groups excluding tert-OH is 1. The second-order valence-corrected chi connectivity index (χ2v) is 6.56. The minimum Gasteiger partial charge on any atom is -0.490 e. The molecular formula is C21H25NO4. The molecule has 5 nitrogen and oxygen atoms in total. The first kappa shape index (κ1) is 18.3. The largest absolute Gasteiger partial charge is 0.490 e. The number of rotatable bonds is 7. The Balaban J connectivity index is 1.45. The highest BCUT2D eigenvalue weighted by Crippen LogP contribution is 2.26. The number of amides is 1. The van der Waals surface area contributed by atoms with E-state index in [9.17, 15) is 9.90 Å². The lowest BCUT2D eigenvalue weighted by Crippen LogP contribution is -2.28. The molecule has 1 aliphatic rings. The molecule has 1 amide bonds. The average molecular weight is 355 g/mol.